The normalized spacial score (nSPS) is 10.7. The first-order valence-corrected chi connectivity index (χ1v) is 11.0. The molecule has 0 saturated heterocycles. The maximum atomic E-state index is 13.3. The molecule has 1 N–H and O–H groups in total. The number of nitrogens with one attached hydrogen (secondary N) is 1. The van der Waals surface area contributed by atoms with E-state index in [0.717, 1.165) is 17.3 Å². The summed E-state index contributed by atoms with van der Waals surface area (Å²) in [7, 11) is 0. The molecule has 3 aromatic carbocycles. The van der Waals surface area contributed by atoms with Gasteiger partial charge < -0.3 is 5.32 Å². The van der Waals surface area contributed by atoms with E-state index in [1.54, 1.807) is 42.5 Å². The molecule has 0 unspecified atom stereocenters. The highest BCUT2D eigenvalue weighted by Gasteiger charge is 2.16. The number of anilines is 1. The molecule has 4 rings (SSSR count). The number of hydrogen-bond donors (Lipinski definition) is 1. The fourth-order valence-corrected chi connectivity index (χ4v) is 4.19. The highest BCUT2D eigenvalue weighted by Crippen LogP contribution is 2.24. The molecular weight excluding hydrogens is 444 g/mol. The molecule has 1 amide bonds. The van der Waals surface area contributed by atoms with Crippen LogP contribution in [0.5, 0.6) is 0 Å². The summed E-state index contributed by atoms with van der Waals surface area (Å²) in [4.78, 5) is 30.5. The van der Waals surface area contributed by atoms with E-state index in [2.05, 4.69) is 10.3 Å². The van der Waals surface area contributed by atoms with Crippen LogP contribution >= 0.6 is 23.4 Å². The van der Waals surface area contributed by atoms with Crippen LogP contribution in [-0.2, 0) is 4.79 Å². The number of carbonyl (C=O) groups is 1. The molecule has 0 atom stereocenters. The smallest absolute Gasteiger partial charge is 0.266 e. The Kier molecular flexibility index (Phi) is 6.26. The summed E-state index contributed by atoms with van der Waals surface area (Å²) in [6, 6.07) is 21.1. The Bertz CT molecular complexity index is 1430. The standard InChI is InChI=1S/C24H17ClN4O2S/c1-15-4-2-3-5-21(15)29-23(31)19-11-8-17(25)12-20(19)28-24(29)32-14-22(30)27-18-9-6-16(13-26)7-10-18/h2-12H,14H2,1H3,(H,27,30). The van der Waals surface area contributed by atoms with Crippen molar-refractivity contribution >= 4 is 45.9 Å². The minimum absolute atomic E-state index is 0.0460. The predicted octanol–water partition coefficient (Wildman–Crippen LogP) is 4.95. The van der Waals surface area contributed by atoms with Crippen molar-refractivity contribution in [2.45, 2.75) is 12.1 Å². The van der Waals surface area contributed by atoms with E-state index in [1.165, 1.54) is 4.57 Å². The fraction of sp³-hybridized carbons (Fsp3) is 0.0833. The molecule has 0 saturated carbocycles. The van der Waals surface area contributed by atoms with E-state index >= 15 is 0 Å². The van der Waals surface area contributed by atoms with Crippen molar-refractivity contribution in [1.82, 2.24) is 9.55 Å². The SMILES string of the molecule is Cc1ccccc1-n1c(SCC(=O)Nc2ccc(C#N)cc2)nc2cc(Cl)ccc2c1=O. The van der Waals surface area contributed by atoms with Crippen molar-refractivity contribution in [2.24, 2.45) is 0 Å². The molecule has 1 heterocycles. The highest BCUT2D eigenvalue weighted by molar-refractivity contribution is 7.99. The number of halogens is 1. The zero-order valence-electron chi connectivity index (χ0n) is 17.0. The van der Waals surface area contributed by atoms with Gasteiger partial charge in [0.05, 0.1) is 34.0 Å². The van der Waals surface area contributed by atoms with E-state index in [1.807, 2.05) is 37.3 Å². The molecule has 0 aliphatic heterocycles. The van der Waals surface area contributed by atoms with Crippen molar-refractivity contribution in [3.05, 3.63) is 93.2 Å². The average Bonchev–Trinajstić information content (AvgIpc) is 2.79. The molecule has 0 aliphatic carbocycles. The Morgan fingerprint density at radius 1 is 1.16 bits per heavy atom. The first kappa shape index (κ1) is 21.6. The van der Waals surface area contributed by atoms with Gasteiger partial charge in [-0.2, -0.15) is 5.26 Å². The van der Waals surface area contributed by atoms with Crippen LogP contribution in [0.15, 0.2) is 76.7 Å². The van der Waals surface area contributed by atoms with Gasteiger partial charge >= 0.3 is 0 Å². The first-order chi connectivity index (χ1) is 15.5. The number of hydrogen-bond acceptors (Lipinski definition) is 5. The number of benzene rings is 3. The van der Waals surface area contributed by atoms with Gasteiger partial charge in [0, 0.05) is 10.7 Å². The molecule has 6 nitrogen and oxygen atoms in total. The maximum absolute atomic E-state index is 13.3. The molecule has 0 bridgehead atoms. The zero-order valence-corrected chi connectivity index (χ0v) is 18.6. The van der Waals surface area contributed by atoms with Gasteiger partial charge in [-0.25, -0.2) is 4.98 Å². The quantitative estimate of drug-likeness (QED) is 0.336. The van der Waals surface area contributed by atoms with Crippen molar-refractivity contribution < 1.29 is 4.79 Å². The van der Waals surface area contributed by atoms with Crippen LogP contribution in [0, 0.1) is 18.3 Å². The van der Waals surface area contributed by atoms with Gasteiger partial charge in [0.2, 0.25) is 5.91 Å². The summed E-state index contributed by atoms with van der Waals surface area (Å²) in [5, 5.41) is 13.0. The number of aryl methyl sites for hydroxylation is 1. The van der Waals surface area contributed by atoms with E-state index in [-0.39, 0.29) is 17.2 Å². The van der Waals surface area contributed by atoms with E-state index < -0.39 is 0 Å². The van der Waals surface area contributed by atoms with Gasteiger partial charge in [0.25, 0.3) is 5.56 Å². The van der Waals surface area contributed by atoms with Crippen LogP contribution in [0.25, 0.3) is 16.6 Å². The summed E-state index contributed by atoms with van der Waals surface area (Å²) in [5.41, 5.74) is 2.96. The molecule has 4 aromatic rings. The second-order valence-corrected chi connectivity index (χ2v) is 8.39. The maximum Gasteiger partial charge on any atom is 0.266 e. The monoisotopic (exact) mass is 460 g/mol. The minimum Gasteiger partial charge on any atom is -0.325 e. The summed E-state index contributed by atoms with van der Waals surface area (Å²) >= 11 is 7.27. The van der Waals surface area contributed by atoms with Gasteiger partial charge in [-0.1, -0.05) is 41.6 Å². The first-order valence-electron chi connectivity index (χ1n) is 9.67. The lowest BCUT2D eigenvalue weighted by molar-refractivity contribution is -0.113. The van der Waals surface area contributed by atoms with Crippen LogP contribution in [0.3, 0.4) is 0 Å². The lowest BCUT2D eigenvalue weighted by Gasteiger charge is -2.15. The van der Waals surface area contributed by atoms with Gasteiger partial charge in [-0.15, -0.1) is 0 Å². The number of nitriles is 1. The average molecular weight is 461 g/mol. The predicted molar refractivity (Wildman–Crippen MR) is 128 cm³/mol. The summed E-state index contributed by atoms with van der Waals surface area (Å²) in [5.74, 6) is -0.207. The molecule has 0 aliphatic rings. The molecule has 0 spiro atoms. The third kappa shape index (κ3) is 4.52. The molecule has 0 fully saturated rings. The summed E-state index contributed by atoms with van der Waals surface area (Å²) in [6.07, 6.45) is 0. The Morgan fingerprint density at radius 3 is 2.62 bits per heavy atom. The molecule has 0 radical (unpaired) electrons. The number of thioether (sulfide) groups is 1. The van der Waals surface area contributed by atoms with Crippen LogP contribution in [0.4, 0.5) is 5.69 Å². The van der Waals surface area contributed by atoms with Crippen LogP contribution in [-0.4, -0.2) is 21.2 Å². The van der Waals surface area contributed by atoms with Crippen molar-refractivity contribution in [3.63, 3.8) is 0 Å². The molecule has 32 heavy (non-hydrogen) atoms. The Labute approximate surface area is 193 Å². The number of fused-ring (bicyclic) bond motifs is 1. The second-order valence-electron chi connectivity index (χ2n) is 7.01. The minimum atomic E-state index is -0.253. The largest absolute Gasteiger partial charge is 0.325 e. The van der Waals surface area contributed by atoms with Crippen LogP contribution in [0.1, 0.15) is 11.1 Å². The highest BCUT2D eigenvalue weighted by atomic mass is 35.5. The van der Waals surface area contributed by atoms with Crippen LogP contribution < -0.4 is 10.9 Å². The van der Waals surface area contributed by atoms with E-state index in [9.17, 15) is 9.59 Å². The van der Waals surface area contributed by atoms with Gasteiger partial charge in [0.15, 0.2) is 5.16 Å². The number of aromatic nitrogens is 2. The van der Waals surface area contributed by atoms with E-state index in [0.29, 0.717) is 38.0 Å². The topological polar surface area (TPSA) is 87.8 Å². The molecule has 1 aromatic heterocycles. The van der Waals surface area contributed by atoms with Gasteiger partial charge in [-0.05, 0) is 61.0 Å². The van der Waals surface area contributed by atoms with Crippen molar-refractivity contribution in [2.75, 3.05) is 11.1 Å². The Balaban J connectivity index is 1.68. The lowest BCUT2D eigenvalue weighted by Crippen LogP contribution is -2.23. The van der Waals surface area contributed by atoms with Gasteiger partial charge in [0.1, 0.15) is 0 Å². The summed E-state index contributed by atoms with van der Waals surface area (Å²) < 4.78 is 1.53. The third-order valence-electron chi connectivity index (χ3n) is 4.79. The fourth-order valence-electron chi connectivity index (χ4n) is 3.22. The number of para-hydroxylation sites is 1. The van der Waals surface area contributed by atoms with Crippen molar-refractivity contribution in [1.29, 1.82) is 5.26 Å². The van der Waals surface area contributed by atoms with Crippen LogP contribution in [0.2, 0.25) is 5.02 Å². The number of nitrogens with zero attached hydrogens (tertiary/aromatic N) is 3. The Hall–Kier alpha value is -3.60. The van der Waals surface area contributed by atoms with Gasteiger partial charge in [-0.3, -0.25) is 14.2 Å². The Morgan fingerprint density at radius 2 is 1.91 bits per heavy atom. The second kappa shape index (κ2) is 9.27. The zero-order chi connectivity index (χ0) is 22.7. The number of carbonyl (C=O) groups excluding carboxylic acids is 1. The van der Waals surface area contributed by atoms with Crippen molar-refractivity contribution in [3.8, 4) is 11.8 Å². The summed E-state index contributed by atoms with van der Waals surface area (Å²) in [6.45, 7) is 1.92. The van der Waals surface area contributed by atoms with E-state index in [4.69, 9.17) is 16.9 Å². The molecular formula is C24H17ClN4O2S. The molecule has 8 heteroatoms. The lowest BCUT2D eigenvalue weighted by atomic mass is 10.2. The number of rotatable bonds is 5. The number of amides is 1. The molecule has 158 valence electrons. The third-order valence-corrected chi connectivity index (χ3v) is 5.96.